The Bertz CT molecular complexity index is 1250. The van der Waals surface area contributed by atoms with Crippen LogP contribution < -0.4 is 0 Å². The average molecular weight is 664 g/mol. The van der Waals surface area contributed by atoms with Crippen molar-refractivity contribution in [2.75, 3.05) is 0 Å². The quantitative estimate of drug-likeness (QED) is 0.257. The first-order valence-electron chi connectivity index (χ1n) is 13.7. The summed E-state index contributed by atoms with van der Waals surface area (Å²) in [6.45, 7) is 0. The highest BCUT2D eigenvalue weighted by Gasteiger charge is 2.44. The molecule has 0 amide bonds. The molecule has 0 aromatic heterocycles. The minimum absolute atomic E-state index is 0.155. The first-order valence-corrected chi connectivity index (χ1v) is 15.3. The van der Waals surface area contributed by atoms with Crippen molar-refractivity contribution in [3.8, 4) is 0 Å². The minimum Gasteiger partial charge on any atom is -0.242 e. The maximum absolute atomic E-state index is 15.7. The molecule has 0 bridgehead atoms. The molecule has 0 saturated carbocycles. The Balaban J connectivity index is 1.55. The fourth-order valence-electron chi connectivity index (χ4n) is 7.59. The van der Waals surface area contributed by atoms with E-state index >= 15 is 17.6 Å². The third kappa shape index (κ3) is 4.29. The SMILES string of the molecule is FC1CCC(C2=C(C3=C(C4=C(C5=C(C6=C(Br)CCC6F)CCC5F)CCC4F)CCC3F)CCC2F)=C1Br. The van der Waals surface area contributed by atoms with Crippen molar-refractivity contribution < 1.29 is 26.3 Å². The number of rotatable bonds is 5. The highest BCUT2D eigenvalue weighted by atomic mass is 79.9. The summed E-state index contributed by atoms with van der Waals surface area (Å²) in [5.41, 5.74) is 4.70. The van der Waals surface area contributed by atoms with Gasteiger partial charge >= 0.3 is 0 Å². The van der Waals surface area contributed by atoms with E-state index in [1.165, 1.54) is 0 Å². The molecule has 6 aliphatic rings. The van der Waals surface area contributed by atoms with Gasteiger partial charge in [-0.2, -0.15) is 0 Å². The lowest BCUT2D eigenvalue weighted by atomic mass is 9.87. The Morgan fingerprint density at radius 3 is 1.00 bits per heavy atom. The lowest BCUT2D eigenvalue weighted by molar-refractivity contribution is 0.379. The summed E-state index contributed by atoms with van der Waals surface area (Å²) in [6.07, 6.45) is -4.30. The van der Waals surface area contributed by atoms with Crippen molar-refractivity contribution in [2.24, 2.45) is 0 Å². The first kappa shape index (κ1) is 27.2. The molecule has 0 aromatic carbocycles. The van der Waals surface area contributed by atoms with Crippen LogP contribution in [-0.2, 0) is 0 Å². The van der Waals surface area contributed by atoms with Crippen LogP contribution in [0.2, 0.25) is 0 Å². The van der Waals surface area contributed by atoms with E-state index < -0.39 is 37.0 Å². The van der Waals surface area contributed by atoms with Crippen LogP contribution in [0.25, 0.3) is 0 Å². The summed E-state index contributed by atoms with van der Waals surface area (Å²) >= 11 is 6.77. The lowest BCUT2D eigenvalue weighted by Crippen LogP contribution is -2.11. The molecule has 206 valence electrons. The van der Waals surface area contributed by atoms with E-state index in [0.29, 0.717) is 98.7 Å². The smallest absolute Gasteiger partial charge is 0.132 e. The molecule has 6 rings (SSSR count). The van der Waals surface area contributed by atoms with Crippen LogP contribution >= 0.6 is 31.9 Å². The number of allylic oxidation sites excluding steroid dienone is 12. The van der Waals surface area contributed by atoms with Gasteiger partial charge in [0.2, 0.25) is 0 Å². The zero-order valence-corrected chi connectivity index (χ0v) is 24.1. The van der Waals surface area contributed by atoms with Gasteiger partial charge in [-0.25, -0.2) is 26.3 Å². The van der Waals surface area contributed by atoms with Gasteiger partial charge < -0.3 is 0 Å². The van der Waals surface area contributed by atoms with Crippen LogP contribution in [0.15, 0.2) is 64.7 Å². The number of hydrogen-bond acceptors (Lipinski definition) is 0. The lowest BCUT2D eigenvalue weighted by Gasteiger charge is -2.20. The average Bonchev–Trinajstić information content (AvgIpc) is 3.71. The molecule has 0 aromatic rings. The van der Waals surface area contributed by atoms with E-state index in [9.17, 15) is 8.78 Å². The number of hydrogen-bond donors (Lipinski definition) is 0. The Labute approximate surface area is 236 Å². The van der Waals surface area contributed by atoms with E-state index in [1.807, 2.05) is 0 Å². The van der Waals surface area contributed by atoms with Crippen molar-refractivity contribution in [1.29, 1.82) is 0 Å². The molecular formula is C30H30Br2F6. The molecule has 0 spiro atoms. The number of halogens is 8. The van der Waals surface area contributed by atoms with Crippen LogP contribution in [-0.4, -0.2) is 37.0 Å². The minimum atomic E-state index is -1.39. The van der Waals surface area contributed by atoms with Crippen LogP contribution in [0.1, 0.15) is 77.0 Å². The monoisotopic (exact) mass is 662 g/mol. The fraction of sp³-hybridized carbons (Fsp3) is 0.600. The maximum Gasteiger partial charge on any atom is 0.132 e. The fourth-order valence-corrected chi connectivity index (χ4v) is 8.94. The zero-order chi connectivity index (χ0) is 26.9. The molecular weight excluding hydrogens is 634 g/mol. The van der Waals surface area contributed by atoms with Gasteiger partial charge in [0.05, 0.1) is 0 Å². The second kappa shape index (κ2) is 10.4. The van der Waals surface area contributed by atoms with Crippen LogP contribution in [0.5, 0.6) is 0 Å². The second-order valence-corrected chi connectivity index (χ2v) is 13.1. The second-order valence-electron chi connectivity index (χ2n) is 11.3. The molecule has 0 N–H and O–H groups in total. The van der Waals surface area contributed by atoms with E-state index in [-0.39, 0.29) is 38.5 Å². The van der Waals surface area contributed by atoms with Crippen molar-refractivity contribution in [2.45, 2.75) is 114 Å². The molecule has 0 fully saturated rings. The summed E-state index contributed by atoms with van der Waals surface area (Å²) in [5, 5.41) is 0. The molecule has 38 heavy (non-hydrogen) atoms. The Kier molecular flexibility index (Phi) is 7.45. The molecule has 0 radical (unpaired) electrons. The van der Waals surface area contributed by atoms with Crippen molar-refractivity contribution in [3.63, 3.8) is 0 Å². The largest absolute Gasteiger partial charge is 0.242 e. The Morgan fingerprint density at radius 2 is 0.658 bits per heavy atom. The highest BCUT2D eigenvalue weighted by molar-refractivity contribution is 9.12. The zero-order valence-electron chi connectivity index (χ0n) is 21.0. The molecule has 0 nitrogen and oxygen atoms in total. The summed E-state index contributed by atoms with van der Waals surface area (Å²) in [7, 11) is 0. The normalized spacial score (nSPS) is 36.6. The molecule has 0 aliphatic heterocycles. The van der Waals surface area contributed by atoms with Crippen LogP contribution in [0, 0.1) is 0 Å². The summed E-state index contributed by atoms with van der Waals surface area (Å²) < 4.78 is 92.3. The van der Waals surface area contributed by atoms with E-state index in [0.717, 1.165) is 4.48 Å². The van der Waals surface area contributed by atoms with Crippen molar-refractivity contribution >= 4 is 31.9 Å². The van der Waals surface area contributed by atoms with Gasteiger partial charge in [0.1, 0.15) is 37.0 Å². The Hall–Kier alpha value is -1.02. The Morgan fingerprint density at radius 1 is 0.368 bits per heavy atom. The van der Waals surface area contributed by atoms with Gasteiger partial charge in [0, 0.05) is 8.96 Å². The molecule has 6 unspecified atom stereocenters. The third-order valence-electron chi connectivity index (χ3n) is 9.20. The maximum atomic E-state index is 15.7. The number of alkyl halides is 6. The van der Waals surface area contributed by atoms with E-state index in [4.69, 9.17) is 0 Å². The standard InChI is InChI=1S/C30H30Br2F6/c31-18-6-12-23(37)29(18)16-4-10-21(35)27(16)14-2-8-19(33)25(14)13-1-7-20(34)26(13)15-3-9-22(36)28(15)17-5-11-24(38)30(17)32/h19-24H,1-12H2. The van der Waals surface area contributed by atoms with Crippen molar-refractivity contribution in [3.05, 3.63) is 64.7 Å². The molecule has 0 saturated heterocycles. The van der Waals surface area contributed by atoms with Gasteiger partial charge in [0.25, 0.3) is 0 Å². The summed E-state index contributed by atoms with van der Waals surface area (Å²) in [5.74, 6) is 0. The molecule has 6 atom stereocenters. The van der Waals surface area contributed by atoms with Gasteiger partial charge in [-0.1, -0.05) is 31.9 Å². The summed E-state index contributed by atoms with van der Waals surface area (Å²) in [6, 6.07) is 0. The third-order valence-corrected chi connectivity index (χ3v) is 11.0. The summed E-state index contributed by atoms with van der Waals surface area (Å²) in [4.78, 5) is 0. The van der Waals surface area contributed by atoms with Gasteiger partial charge in [-0.05, 0) is 133 Å². The van der Waals surface area contributed by atoms with E-state index in [2.05, 4.69) is 31.9 Å². The van der Waals surface area contributed by atoms with Gasteiger partial charge in [-0.15, -0.1) is 0 Å². The van der Waals surface area contributed by atoms with E-state index in [1.54, 1.807) is 0 Å². The topological polar surface area (TPSA) is 0 Å². The van der Waals surface area contributed by atoms with Crippen molar-refractivity contribution in [1.82, 2.24) is 0 Å². The predicted molar refractivity (Wildman–Crippen MR) is 145 cm³/mol. The van der Waals surface area contributed by atoms with Gasteiger partial charge in [0.15, 0.2) is 0 Å². The van der Waals surface area contributed by atoms with Crippen LogP contribution in [0.3, 0.4) is 0 Å². The van der Waals surface area contributed by atoms with Crippen LogP contribution in [0.4, 0.5) is 26.3 Å². The molecule has 6 aliphatic carbocycles. The first-order chi connectivity index (χ1) is 18.2. The molecule has 8 heteroatoms. The highest BCUT2D eigenvalue weighted by Crippen LogP contribution is 2.54. The molecule has 0 heterocycles. The van der Waals surface area contributed by atoms with Gasteiger partial charge in [-0.3, -0.25) is 0 Å². The predicted octanol–water partition coefficient (Wildman–Crippen LogP) is 10.3.